The summed E-state index contributed by atoms with van der Waals surface area (Å²) in [6.45, 7) is 0. The molecule has 7 rings (SSSR count). The molecule has 0 unspecified atom stereocenters. The number of aromatic nitrogens is 4. The maximum absolute atomic E-state index is 4.99. The molecular weight excluding hydrogens is 512 g/mol. The minimum atomic E-state index is 0.706. The molecule has 4 aromatic carbocycles. The molecule has 4 nitrogen and oxygen atoms in total. The Morgan fingerprint density at radius 3 is 1.00 bits per heavy atom. The number of benzene rings is 4. The van der Waals surface area contributed by atoms with E-state index < -0.39 is 0 Å². The van der Waals surface area contributed by atoms with Crippen LogP contribution in [-0.2, 0) is 0 Å². The molecule has 7 aromatic rings. The van der Waals surface area contributed by atoms with E-state index in [0.717, 1.165) is 50.3 Å². The van der Waals surface area contributed by atoms with Crippen molar-refractivity contribution < 1.29 is 0 Å². The summed E-state index contributed by atoms with van der Waals surface area (Å²) in [5.74, 6) is 0.706. The van der Waals surface area contributed by atoms with Gasteiger partial charge in [0.2, 0.25) is 0 Å². The fraction of sp³-hybridized carbons (Fsp3) is 0. The van der Waals surface area contributed by atoms with Crippen LogP contribution in [-0.4, -0.2) is 19.9 Å². The van der Waals surface area contributed by atoms with Crippen LogP contribution in [0.5, 0.6) is 0 Å². The maximum atomic E-state index is 4.99. The van der Waals surface area contributed by atoms with Crippen molar-refractivity contribution in [1.82, 2.24) is 19.9 Å². The largest absolute Gasteiger partial charge is 0.265 e. The Labute approximate surface area is 245 Å². The molecule has 198 valence electrons. The van der Waals surface area contributed by atoms with Crippen LogP contribution in [0.1, 0.15) is 0 Å². The van der Waals surface area contributed by atoms with E-state index in [1.165, 1.54) is 11.1 Å². The van der Waals surface area contributed by atoms with Crippen molar-refractivity contribution >= 4 is 0 Å². The van der Waals surface area contributed by atoms with Crippen molar-refractivity contribution in [2.24, 2.45) is 0 Å². The number of nitrogens with zero attached hydrogens (tertiary/aromatic N) is 4. The van der Waals surface area contributed by atoms with Crippen molar-refractivity contribution in [3.63, 3.8) is 0 Å². The molecule has 0 aliphatic carbocycles. The van der Waals surface area contributed by atoms with Gasteiger partial charge in [0.25, 0.3) is 0 Å². The molecule has 0 N–H and O–H groups in total. The zero-order chi connectivity index (χ0) is 28.1. The van der Waals surface area contributed by atoms with E-state index in [-0.39, 0.29) is 0 Å². The monoisotopic (exact) mass is 538 g/mol. The molecule has 3 aromatic heterocycles. The predicted molar refractivity (Wildman–Crippen MR) is 170 cm³/mol. The van der Waals surface area contributed by atoms with Crippen LogP contribution in [0.15, 0.2) is 158 Å². The second-order valence-electron chi connectivity index (χ2n) is 10.0. The summed E-state index contributed by atoms with van der Waals surface area (Å²) in [6.07, 6.45) is 7.27. The summed E-state index contributed by atoms with van der Waals surface area (Å²) >= 11 is 0. The SMILES string of the molecule is c1ccc(-c2nc(-c3ccc(-c4ccncc4)cc3)cc(-c3ccc(-c4ccc(-c5ccncc5)cc4)cc3)n2)cc1. The van der Waals surface area contributed by atoms with E-state index in [4.69, 9.17) is 9.97 Å². The molecule has 0 bridgehead atoms. The Kier molecular flexibility index (Phi) is 6.85. The fourth-order valence-electron chi connectivity index (χ4n) is 5.07. The molecule has 0 atom stereocenters. The van der Waals surface area contributed by atoms with Crippen LogP contribution in [0.3, 0.4) is 0 Å². The Bertz CT molecular complexity index is 1920. The predicted octanol–water partition coefficient (Wildman–Crippen LogP) is 9.27. The third kappa shape index (κ3) is 5.34. The quantitative estimate of drug-likeness (QED) is 0.212. The summed E-state index contributed by atoms with van der Waals surface area (Å²) in [6, 6.07) is 46.0. The third-order valence-corrected chi connectivity index (χ3v) is 7.37. The topological polar surface area (TPSA) is 51.6 Å². The van der Waals surface area contributed by atoms with Crippen molar-refractivity contribution in [2.45, 2.75) is 0 Å². The van der Waals surface area contributed by atoms with Gasteiger partial charge in [-0.1, -0.05) is 103 Å². The molecule has 0 aliphatic rings. The van der Waals surface area contributed by atoms with Crippen LogP contribution in [0.2, 0.25) is 0 Å². The van der Waals surface area contributed by atoms with E-state index >= 15 is 0 Å². The first-order chi connectivity index (χ1) is 20.8. The molecule has 4 heteroatoms. The van der Waals surface area contributed by atoms with Gasteiger partial charge in [-0.3, -0.25) is 9.97 Å². The minimum Gasteiger partial charge on any atom is -0.265 e. The molecule has 0 aliphatic heterocycles. The van der Waals surface area contributed by atoms with Gasteiger partial charge < -0.3 is 0 Å². The van der Waals surface area contributed by atoms with Gasteiger partial charge >= 0.3 is 0 Å². The normalized spacial score (nSPS) is 10.9. The maximum Gasteiger partial charge on any atom is 0.160 e. The zero-order valence-electron chi connectivity index (χ0n) is 22.8. The molecule has 0 saturated heterocycles. The lowest BCUT2D eigenvalue weighted by molar-refractivity contribution is 1.18. The van der Waals surface area contributed by atoms with E-state index in [9.17, 15) is 0 Å². The second-order valence-corrected chi connectivity index (χ2v) is 10.0. The molecule has 0 radical (unpaired) electrons. The molecule has 3 heterocycles. The van der Waals surface area contributed by atoms with Gasteiger partial charge in [-0.15, -0.1) is 0 Å². The highest BCUT2D eigenvalue weighted by Crippen LogP contribution is 2.31. The van der Waals surface area contributed by atoms with Crippen LogP contribution < -0.4 is 0 Å². The number of hydrogen-bond acceptors (Lipinski definition) is 4. The van der Waals surface area contributed by atoms with Crippen molar-refractivity contribution in [1.29, 1.82) is 0 Å². The van der Waals surface area contributed by atoms with Crippen molar-refractivity contribution in [3.05, 3.63) is 158 Å². The first-order valence-electron chi connectivity index (χ1n) is 13.9. The fourth-order valence-corrected chi connectivity index (χ4v) is 5.07. The molecular formula is C38H26N4. The van der Waals surface area contributed by atoms with Gasteiger partial charge in [0.1, 0.15) is 0 Å². The molecule has 0 amide bonds. The Morgan fingerprint density at radius 2 is 0.619 bits per heavy atom. The van der Waals surface area contributed by atoms with E-state index in [2.05, 4.69) is 88.8 Å². The van der Waals surface area contributed by atoms with Crippen LogP contribution in [0, 0.1) is 0 Å². The highest BCUT2D eigenvalue weighted by molar-refractivity contribution is 5.76. The Hall–Kier alpha value is -5.74. The Balaban J connectivity index is 1.22. The molecule has 42 heavy (non-hydrogen) atoms. The smallest absolute Gasteiger partial charge is 0.160 e. The lowest BCUT2D eigenvalue weighted by Crippen LogP contribution is -1.96. The highest BCUT2D eigenvalue weighted by Gasteiger charge is 2.11. The lowest BCUT2D eigenvalue weighted by Gasteiger charge is -2.11. The minimum absolute atomic E-state index is 0.706. The number of hydrogen-bond donors (Lipinski definition) is 0. The third-order valence-electron chi connectivity index (χ3n) is 7.37. The highest BCUT2D eigenvalue weighted by atomic mass is 14.9. The number of pyridine rings is 2. The van der Waals surface area contributed by atoms with Crippen molar-refractivity contribution in [3.8, 4) is 67.3 Å². The summed E-state index contributed by atoms with van der Waals surface area (Å²) in [5, 5.41) is 0. The summed E-state index contributed by atoms with van der Waals surface area (Å²) < 4.78 is 0. The van der Waals surface area contributed by atoms with Gasteiger partial charge in [0.05, 0.1) is 11.4 Å². The molecule has 0 spiro atoms. The van der Waals surface area contributed by atoms with E-state index in [1.54, 1.807) is 0 Å². The second kappa shape index (κ2) is 11.4. The van der Waals surface area contributed by atoms with Gasteiger partial charge in [-0.05, 0) is 63.7 Å². The zero-order valence-corrected chi connectivity index (χ0v) is 22.8. The summed E-state index contributed by atoms with van der Waals surface area (Å²) in [4.78, 5) is 18.2. The summed E-state index contributed by atoms with van der Waals surface area (Å²) in [5.41, 5.74) is 11.8. The van der Waals surface area contributed by atoms with Crippen molar-refractivity contribution in [2.75, 3.05) is 0 Å². The first-order valence-corrected chi connectivity index (χ1v) is 13.9. The average Bonchev–Trinajstić information content (AvgIpc) is 3.09. The van der Waals surface area contributed by atoms with Gasteiger partial charge in [0.15, 0.2) is 5.82 Å². The van der Waals surface area contributed by atoms with E-state index in [1.807, 2.05) is 79.4 Å². The van der Waals surface area contributed by atoms with Crippen LogP contribution in [0.4, 0.5) is 0 Å². The average molecular weight is 539 g/mol. The number of rotatable bonds is 6. The molecule has 0 saturated carbocycles. The van der Waals surface area contributed by atoms with Gasteiger partial charge in [-0.2, -0.15) is 0 Å². The summed E-state index contributed by atoms with van der Waals surface area (Å²) in [7, 11) is 0. The lowest BCUT2D eigenvalue weighted by atomic mass is 9.99. The van der Waals surface area contributed by atoms with Crippen LogP contribution in [0.25, 0.3) is 67.3 Å². The van der Waals surface area contributed by atoms with Gasteiger partial charge in [0, 0.05) is 41.5 Å². The Morgan fingerprint density at radius 1 is 0.286 bits per heavy atom. The van der Waals surface area contributed by atoms with Gasteiger partial charge in [-0.25, -0.2) is 9.97 Å². The first kappa shape index (κ1) is 25.2. The standard InChI is InChI=1S/C38H26N4/c1-2-4-35(5-3-1)38-41-36(26-37(42-38)34-16-12-30(13-17-34)32-20-24-40-25-21-32)33-14-10-28(11-15-33)27-6-8-29(9-7-27)31-18-22-39-23-19-31/h1-26H. The molecule has 0 fully saturated rings. The van der Waals surface area contributed by atoms with E-state index in [0.29, 0.717) is 5.82 Å². The van der Waals surface area contributed by atoms with Crippen LogP contribution >= 0.6 is 0 Å².